The molecule has 3 aromatic carbocycles. The molecule has 0 aliphatic rings. The van der Waals surface area contributed by atoms with Crippen molar-refractivity contribution in [3.05, 3.63) is 99.6 Å². The van der Waals surface area contributed by atoms with E-state index in [1.54, 1.807) is 16.7 Å². The first-order valence-corrected chi connectivity index (χ1v) is 10.9. The number of aromatic nitrogens is 4. The second-order valence-electron chi connectivity index (χ2n) is 7.45. The van der Waals surface area contributed by atoms with Gasteiger partial charge >= 0.3 is 0 Å². The first-order valence-electron chi connectivity index (χ1n) is 9.87. The van der Waals surface area contributed by atoms with Gasteiger partial charge in [-0.15, -0.1) is 10.2 Å². The topological polar surface area (TPSA) is 52.2 Å². The Balaban J connectivity index is 1.74. The van der Waals surface area contributed by atoms with Crippen LogP contribution in [0.25, 0.3) is 22.4 Å². The third kappa shape index (κ3) is 3.31. The predicted octanol–water partition coefficient (Wildman–Crippen LogP) is 5.08. The van der Waals surface area contributed by atoms with E-state index in [0.29, 0.717) is 27.6 Å². The Morgan fingerprint density at radius 3 is 2.55 bits per heavy atom. The molecule has 0 bridgehead atoms. The Bertz CT molecular complexity index is 1510. The molecule has 0 aliphatic heterocycles. The van der Waals surface area contributed by atoms with Gasteiger partial charge in [-0.1, -0.05) is 59.8 Å². The Labute approximate surface area is 182 Å². The van der Waals surface area contributed by atoms with Crippen LogP contribution in [0.5, 0.6) is 0 Å². The molecule has 0 saturated heterocycles. The van der Waals surface area contributed by atoms with Crippen molar-refractivity contribution < 1.29 is 4.39 Å². The highest BCUT2D eigenvalue weighted by molar-refractivity contribution is 7.98. The quantitative estimate of drug-likeness (QED) is 0.373. The van der Waals surface area contributed by atoms with Crippen molar-refractivity contribution in [1.29, 1.82) is 0 Å². The van der Waals surface area contributed by atoms with Gasteiger partial charge in [-0.05, 0) is 49.2 Å². The Kier molecular flexibility index (Phi) is 4.82. The zero-order chi connectivity index (χ0) is 21.5. The van der Waals surface area contributed by atoms with Crippen LogP contribution in [-0.4, -0.2) is 19.2 Å². The number of hydrogen-bond acceptors (Lipinski definition) is 4. The SMILES string of the molecule is Cc1ccc(-n2c(=O)c3ccccc3n3c(SCc4ccccc4F)nnc23)c(C)c1. The summed E-state index contributed by atoms with van der Waals surface area (Å²) in [6.45, 7) is 3.99. The fourth-order valence-corrected chi connectivity index (χ4v) is 4.73. The van der Waals surface area contributed by atoms with Crippen LogP contribution in [0.15, 0.2) is 76.7 Å². The summed E-state index contributed by atoms with van der Waals surface area (Å²) in [4.78, 5) is 13.4. The maximum Gasteiger partial charge on any atom is 0.267 e. The van der Waals surface area contributed by atoms with E-state index >= 15 is 0 Å². The molecule has 0 spiro atoms. The van der Waals surface area contributed by atoms with Gasteiger partial charge < -0.3 is 0 Å². The number of benzene rings is 3. The van der Waals surface area contributed by atoms with Gasteiger partial charge in [-0.2, -0.15) is 0 Å². The van der Waals surface area contributed by atoms with Crippen LogP contribution in [0, 0.1) is 19.7 Å². The van der Waals surface area contributed by atoms with Crippen LogP contribution in [0.3, 0.4) is 0 Å². The normalized spacial score (nSPS) is 11.5. The van der Waals surface area contributed by atoms with E-state index in [4.69, 9.17) is 0 Å². The Hall–Kier alpha value is -3.45. The number of nitrogens with zero attached hydrogens (tertiary/aromatic N) is 4. The van der Waals surface area contributed by atoms with Gasteiger partial charge in [0.1, 0.15) is 5.82 Å². The highest BCUT2D eigenvalue weighted by Gasteiger charge is 2.19. The van der Waals surface area contributed by atoms with Crippen molar-refractivity contribution in [1.82, 2.24) is 19.2 Å². The van der Waals surface area contributed by atoms with Crippen LogP contribution < -0.4 is 5.56 Å². The van der Waals surface area contributed by atoms with E-state index in [0.717, 1.165) is 22.3 Å². The van der Waals surface area contributed by atoms with E-state index in [1.165, 1.54) is 17.8 Å². The minimum atomic E-state index is -0.249. The second kappa shape index (κ2) is 7.67. The number of rotatable bonds is 4. The standard InChI is InChI=1S/C24H19FN4OS/c1-15-11-12-20(16(2)13-15)28-22(30)18-8-4-6-10-21(18)29-23(28)26-27-24(29)31-14-17-7-3-5-9-19(17)25/h3-13H,14H2,1-2H3. The summed E-state index contributed by atoms with van der Waals surface area (Å²) in [5, 5.41) is 9.90. The average Bonchev–Trinajstić information content (AvgIpc) is 3.18. The van der Waals surface area contributed by atoms with Crippen molar-refractivity contribution in [3.63, 3.8) is 0 Å². The molecular weight excluding hydrogens is 411 g/mol. The van der Waals surface area contributed by atoms with Crippen molar-refractivity contribution in [2.45, 2.75) is 24.8 Å². The number of aryl methyl sites for hydroxylation is 2. The first-order chi connectivity index (χ1) is 15.0. The molecule has 5 aromatic rings. The summed E-state index contributed by atoms with van der Waals surface area (Å²) in [6, 6.07) is 20.1. The van der Waals surface area contributed by atoms with Gasteiger partial charge in [0.2, 0.25) is 5.78 Å². The summed E-state index contributed by atoms with van der Waals surface area (Å²) in [5.74, 6) is 0.595. The average molecular weight is 431 g/mol. The lowest BCUT2D eigenvalue weighted by molar-refractivity contribution is 0.617. The van der Waals surface area contributed by atoms with Crippen LogP contribution in [0.4, 0.5) is 4.39 Å². The van der Waals surface area contributed by atoms with Gasteiger partial charge in [-0.3, -0.25) is 9.20 Å². The van der Waals surface area contributed by atoms with Gasteiger partial charge in [0, 0.05) is 5.75 Å². The molecule has 0 aliphatic carbocycles. The lowest BCUT2D eigenvalue weighted by Crippen LogP contribution is -2.22. The molecule has 31 heavy (non-hydrogen) atoms. The number of hydrogen-bond donors (Lipinski definition) is 0. The lowest BCUT2D eigenvalue weighted by Gasteiger charge is -2.13. The smallest absolute Gasteiger partial charge is 0.267 e. The molecule has 0 fully saturated rings. The molecule has 0 unspecified atom stereocenters. The molecule has 7 heteroatoms. The fourth-order valence-electron chi connectivity index (χ4n) is 3.80. The van der Waals surface area contributed by atoms with Gasteiger partial charge in [-0.25, -0.2) is 8.96 Å². The van der Waals surface area contributed by atoms with E-state index < -0.39 is 0 Å². The highest BCUT2D eigenvalue weighted by atomic mass is 32.2. The van der Waals surface area contributed by atoms with E-state index in [1.807, 2.05) is 66.8 Å². The number of fused-ring (bicyclic) bond motifs is 3. The molecule has 5 nitrogen and oxygen atoms in total. The largest absolute Gasteiger partial charge is 0.268 e. The minimum absolute atomic E-state index is 0.145. The van der Waals surface area contributed by atoms with E-state index in [9.17, 15) is 9.18 Å². The second-order valence-corrected chi connectivity index (χ2v) is 8.39. The summed E-state index contributed by atoms with van der Waals surface area (Å²) in [6.07, 6.45) is 0. The van der Waals surface area contributed by atoms with Gasteiger partial charge in [0.25, 0.3) is 5.56 Å². The van der Waals surface area contributed by atoms with Crippen molar-refractivity contribution >= 4 is 28.4 Å². The third-order valence-corrected chi connectivity index (χ3v) is 6.28. The van der Waals surface area contributed by atoms with E-state index in [-0.39, 0.29) is 11.4 Å². The minimum Gasteiger partial charge on any atom is -0.268 e. The number of thioether (sulfide) groups is 1. The molecule has 2 aromatic heterocycles. The van der Waals surface area contributed by atoms with Gasteiger partial charge in [0.15, 0.2) is 5.16 Å². The highest BCUT2D eigenvalue weighted by Crippen LogP contribution is 2.27. The molecule has 0 atom stereocenters. The summed E-state index contributed by atoms with van der Waals surface area (Å²) >= 11 is 1.39. The molecule has 2 heterocycles. The van der Waals surface area contributed by atoms with Crippen molar-refractivity contribution in [2.75, 3.05) is 0 Å². The Morgan fingerprint density at radius 2 is 1.74 bits per heavy atom. The first kappa shape index (κ1) is 19.5. The predicted molar refractivity (Wildman–Crippen MR) is 122 cm³/mol. The van der Waals surface area contributed by atoms with Crippen LogP contribution in [-0.2, 0) is 5.75 Å². The monoisotopic (exact) mass is 430 g/mol. The molecule has 154 valence electrons. The zero-order valence-corrected chi connectivity index (χ0v) is 17.9. The maximum absolute atomic E-state index is 14.1. The van der Waals surface area contributed by atoms with Crippen LogP contribution in [0.1, 0.15) is 16.7 Å². The summed E-state index contributed by atoms with van der Waals surface area (Å²) < 4.78 is 17.6. The molecule has 5 rings (SSSR count). The Morgan fingerprint density at radius 1 is 0.968 bits per heavy atom. The zero-order valence-electron chi connectivity index (χ0n) is 17.0. The fraction of sp³-hybridized carbons (Fsp3) is 0.125. The third-order valence-electron chi connectivity index (χ3n) is 5.30. The van der Waals surface area contributed by atoms with Crippen molar-refractivity contribution in [3.8, 4) is 5.69 Å². The van der Waals surface area contributed by atoms with Crippen LogP contribution in [0.2, 0.25) is 0 Å². The van der Waals surface area contributed by atoms with E-state index in [2.05, 4.69) is 10.2 Å². The maximum atomic E-state index is 14.1. The molecule has 0 saturated carbocycles. The summed E-state index contributed by atoms with van der Waals surface area (Å²) in [5.41, 5.74) is 4.04. The molecule has 0 radical (unpaired) electrons. The lowest BCUT2D eigenvalue weighted by atomic mass is 10.1. The molecule has 0 N–H and O–H groups in total. The van der Waals surface area contributed by atoms with Crippen molar-refractivity contribution in [2.24, 2.45) is 0 Å². The van der Waals surface area contributed by atoms with Crippen LogP contribution >= 0.6 is 11.8 Å². The summed E-state index contributed by atoms with van der Waals surface area (Å²) in [7, 11) is 0. The number of para-hydroxylation sites is 1. The molecular formula is C24H19FN4OS. The van der Waals surface area contributed by atoms with Gasteiger partial charge in [0.05, 0.1) is 16.6 Å². The number of halogens is 1. The molecule has 0 amide bonds.